The van der Waals surface area contributed by atoms with Crippen LogP contribution < -0.4 is 10.4 Å². The fourth-order valence-corrected chi connectivity index (χ4v) is 17.2. The van der Waals surface area contributed by atoms with Gasteiger partial charge in [0, 0.05) is 105 Å². The van der Waals surface area contributed by atoms with E-state index >= 15 is 0 Å². The number of rotatable bonds is 40. The number of aliphatic hydroxyl groups is 2. The van der Waals surface area contributed by atoms with Crippen molar-refractivity contribution in [2.75, 3.05) is 172 Å². The van der Waals surface area contributed by atoms with E-state index < -0.39 is 76.7 Å². The van der Waals surface area contributed by atoms with Crippen LogP contribution >= 0.6 is 0 Å². The number of carbonyl (C=O) groups is 3. The number of quaternary nitrogens is 1. The van der Waals surface area contributed by atoms with E-state index in [0.29, 0.717) is 68.6 Å². The molecule has 1 amide bonds. The number of halogens is 9. The van der Waals surface area contributed by atoms with Gasteiger partial charge in [0.25, 0.3) is 10.0 Å². The van der Waals surface area contributed by atoms with E-state index in [-0.39, 0.29) is 60.3 Å². The number of alkyl halides is 9. The van der Waals surface area contributed by atoms with Crippen LogP contribution in [-0.4, -0.2) is 305 Å². The number of carboxylic acid groups (broad SMARTS) is 1. The molecule has 3 heterocycles. The molecule has 0 unspecified atom stereocenters. The van der Waals surface area contributed by atoms with Crippen LogP contribution in [0.25, 0.3) is 4.13 Å². The summed E-state index contributed by atoms with van der Waals surface area (Å²) in [6.45, 7) is 28.7. The summed E-state index contributed by atoms with van der Waals surface area (Å²) in [7, 11) is -18.9. The maximum absolute atomic E-state index is 14.0. The summed E-state index contributed by atoms with van der Waals surface area (Å²) in [5.41, 5.74) is -6.88. The van der Waals surface area contributed by atoms with Crippen LogP contribution in [0.15, 0.2) is 35.3 Å². The molecular formula is C79H141F9N9O18S3-. The van der Waals surface area contributed by atoms with Gasteiger partial charge in [0.2, 0.25) is 0 Å². The first-order valence-corrected chi connectivity index (χ1v) is 46.7. The minimum Gasteiger partial charge on any atom is -0.545 e. The molecule has 0 aromatic heterocycles. The van der Waals surface area contributed by atoms with Crippen molar-refractivity contribution in [2.24, 2.45) is 10.9 Å². The summed E-state index contributed by atoms with van der Waals surface area (Å²) < 4.78 is 220. The highest BCUT2D eigenvalue weighted by Gasteiger charge is 2.81. The number of morpholine rings is 1. The van der Waals surface area contributed by atoms with E-state index in [1.54, 1.807) is 30.2 Å². The number of aromatic carboxylic acids is 1. The van der Waals surface area contributed by atoms with E-state index in [1.165, 1.54) is 183 Å². The maximum atomic E-state index is 14.0. The molecule has 3 saturated heterocycles. The second kappa shape index (κ2) is 57.1. The number of likely N-dealkylation sites (N-methyl/N-ethyl adjacent to an activating group) is 1. The number of piperazine rings is 1. The van der Waals surface area contributed by atoms with Gasteiger partial charge in [-0.3, -0.25) is 9.69 Å². The Labute approximate surface area is 697 Å². The number of nitrogens with zero attached hydrogens (tertiary/aromatic N) is 8. The highest BCUT2D eigenvalue weighted by Crippen LogP contribution is 2.54. The molecule has 27 nitrogen and oxygen atoms in total. The van der Waals surface area contributed by atoms with Crippen molar-refractivity contribution in [2.45, 2.75) is 268 Å². The number of hydrogen-bond donors (Lipinski definition) is 3. The molecule has 1 aromatic carbocycles. The molecule has 0 atom stereocenters. The average molecular weight is 1770 g/mol. The summed E-state index contributed by atoms with van der Waals surface area (Å²) >= 11 is 0. The molecule has 3 saturated carbocycles. The van der Waals surface area contributed by atoms with E-state index in [1.807, 2.05) is 20.8 Å². The van der Waals surface area contributed by atoms with Gasteiger partial charge in [0.05, 0.1) is 97.0 Å². The van der Waals surface area contributed by atoms with Gasteiger partial charge in [-0.1, -0.05) is 148 Å². The molecule has 6 aliphatic rings. The summed E-state index contributed by atoms with van der Waals surface area (Å²) in [4.78, 5) is 47.3. The van der Waals surface area contributed by atoms with E-state index in [9.17, 15) is 84.3 Å². The number of benzene rings is 1. The Balaban J connectivity index is 0.000000493. The Morgan fingerprint density at radius 1 is 0.602 bits per heavy atom. The highest BCUT2D eigenvalue weighted by molar-refractivity contribution is 8.13. The standard InChI is InChI=1S/C18H31NO4.C17H31N3O.C16H36N.C12H27NO5.C9H11F9N3O6S3.C7H6O2/c1-4-18(2,3)23-17(21)19-12-10-15(11-13-19)22-16(20)14-8-6-5-7-9-14;1-3-7-15(8-4-1)18-17(20-11-13-21-14-12-20)19-16-9-5-2-6-10-16;1-5-9-13-17(14-10-6-2,15-11-7-3)16-12-8-4;1-16-8-2-3-13(4-9-17-11-6-14)5-10-18-12-7-15;1-20-2-4-21(5-3-20)30(26,27)8(14,15)6(10,11)7(12,13)28(22,23)19-29(24,25)9(16,17)18;8-7(9)6-4-2-1-3-5-6/h14-15H,4-13H2,1-3H3;15-16H,1-14H2,(H,18,19);5-16H2,1-4H3;14-15H,2-12H2,1H3;2-5H2,1H3;1-5H,(H,8,9)/q;;+1;;-1;/p-1. The number of aliphatic hydroxyl groups excluding tert-OH is 2. The zero-order valence-electron chi connectivity index (χ0n) is 71.4. The lowest BCUT2D eigenvalue weighted by molar-refractivity contribution is -0.929. The Kier molecular flexibility index (Phi) is 53.0. The number of unbranched alkanes of at least 4 members (excludes halogenated alkanes) is 4. The van der Waals surface area contributed by atoms with Crippen molar-refractivity contribution < 1.29 is 127 Å². The molecule has 3 N–H and O–H groups in total. The minimum absolute atomic E-state index is 0.0298. The molecule has 7 rings (SSSR count). The number of sulfonamides is 3. The average Bonchev–Trinajstić information content (AvgIpc) is 0.710. The largest absolute Gasteiger partial charge is 0.545 e. The first-order valence-electron chi connectivity index (χ1n) is 42.3. The molecule has 3 aliphatic heterocycles. The quantitative estimate of drug-likeness (QED) is 0.0137. The fraction of sp³-hybridized carbons (Fsp3) is 0.873. The zero-order chi connectivity index (χ0) is 88.5. The SMILES string of the molecule is C1CCC(N=C(NC2CCCCC2)N2CCOCC2)CC1.CCC(C)(C)OC(=O)N1CCC(OC(=O)C2CCCCC2)CC1.CCCC[N+](CCCC)(CCCC)CCCC.CN1CCN(S(=O)(=O)C(F)(F)C(F)(F)C(F)(F)S(=O)(=O)[N-]S(=O)(=O)C(F)(F)F)CC1.COCCCN(CCOCCO)CCOCCO.O=C([O-])c1ccccc1. The van der Waals surface area contributed by atoms with Crippen LogP contribution in [0.3, 0.4) is 0 Å². The van der Waals surface area contributed by atoms with Crippen LogP contribution in [0.4, 0.5) is 44.3 Å². The van der Waals surface area contributed by atoms with Gasteiger partial charge in [0.15, 0.2) is 26.0 Å². The lowest BCUT2D eigenvalue weighted by atomic mass is 9.89. The number of nitrogens with one attached hydrogen (secondary N) is 1. The first kappa shape index (κ1) is 110. The van der Waals surface area contributed by atoms with Crippen molar-refractivity contribution >= 4 is 54.1 Å². The normalized spacial score (nSPS) is 18.1. The third-order valence-corrected chi connectivity index (χ3v) is 26.3. The number of ether oxygens (including phenoxy) is 6. The van der Waals surface area contributed by atoms with Gasteiger partial charge in [-0.2, -0.15) is 43.8 Å². The predicted molar refractivity (Wildman–Crippen MR) is 434 cm³/mol. The van der Waals surface area contributed by atoms with Crippen LogP contribution in [0.2, 0.25) is 0 Å². The zero-order valence-corrected chi connectivity index (χ0v) is 73.8. The molecule has 6 fully saturated rings. The predicted octanol–water partition coefficient (Wildman–Crippen LogP) is 12.2. The molecule has 692 valence electrons. The summed E-state index contributed by atoms with van der Waals surface area (Å²) in [6.07, 6.45) is 32.8. The number of aliphatic imine (C=N–C) groups is 1. The lowest BCUT2D eigenvalue weighted by Gasteiger charge is -2.39. The van der Waals surface area contributed by atoms with Gasteiger partial charge in [-0.15, -0.1) is 0 Å². The number of likely N-dealkylation sites (tertiary alicyclic amines) is 1. The van der Waals surface area contributed by atoms with Crippen LogP contribution in [0.1, 0.15) is 232 Å². The minimum atomic E-state index is -7.88. The topological polar surface area (TPSA) is 327 Å². The second-order valence-corrected chi connectivity index (χ2v) is 36.7. The highest BCUT2D eigenvalue weighted by atomic mass is 32.3. The summed E-state index contributed by atoms with van der Waals surface area (Å²) in [5.74, 6) is -7.31. The molecule has 0 bridgehead atoms. The number of piperidine rings is 1. The molecule has 39 heteroatoms. The van der Waals surface area contributed by atoms with Crippen molar-refractivity contribution in [3.63, 3.8) is 0 Å². The smallest absolute Gasteiger partial charge is 0.480 e. The molecule has 3 aliphatic carbocycles. The molecular weight excluding hydrogens is 1630 g/mol. The van der Waals surface area contributed by atoms with Crippen LogP contribution in [-0.2, 0) is 63.3 Å². The third-order valence-electron chi connectivity index (χ3n) is 21.3. The molecule has 118 heavy (non-hydrogen) atoms. The van der Waals surface area contributed by atoms with E-state index in [4.69, 9.17) is 43.6 Å². The second-order valence-electron chi connectivity index (χ2n) is 31.2. The number of hydrogen-bond acceptors (Lipinski definition) is 21. The molecule has 0 spiro atoms. The Hall–Kier alpha value is -4.52. The van der Waals surface area contributed by atoms with Gasteiger partial charge >= 0.3 is 34.0 Å². The number of carbonyl (C=O) groups excluding carboxylic acids is 3. The molecule has 1 aromatic rings. The molecule has 0 radical (unpaired) electrons. The lowest BCUT2D eigenvalue weighted by Crippen LogP contribution is -2.64. The van der Waals surface area contributed by atoms with Gasteiger partial charge in [0.1, 0.15) is 11.7 Å². The van der Waals surface area contributed by atoms with Crippen molar-refractivity contribution in [3.05, 3.63) is 40.0 Å². The number of guanidine groups is 1. The maximum Gasteiger partial charge on any atom is 0.480 e. The number of methoxy groups -OCH3 is 1. The van der Waals surface area contributed by atoms with Crippen molar-refractivity contribution in [1.29, 1.82) is 0 Å². The third kappa shape index (κ3) is 39.6. The van der Waals surface area contributed by atoms with E-state index in [0.717, 1.165) is 91.1 Å². The van der Waals surface area contributed by atoms with Gasteiger partial charge in [-0.05, 0) is 104 Å². The fourth-order valence-electron chi connectivity index (χ4n) is 13.5. The Morgan fingerprint density at radius 3 is 1.51 bits per heavy atom. The van der Waals surface area contributed by atoms with Crippen LogP contribution in [0, 0.1) is 5.92 Å². The Morgan fingerprint density at radius 2 is 1.08 bits per heavy atom. The number of carboxylic acids is 1. The van der Waals surface area contributed by atoms with E-state index in [2.05, 4.69) is 42.8 Å². The monoisotopic (exact) mass is 1770 g/mol. The Bertz CT molecular complexity index is 3210. The van der Waals surface area contributed by atoms with Crippen LogP contribution in [0.5, 0.6) is 0 Å². The number of esters is 1. The summed E-state index contributed by atoms with van der Waals surface area (Å²) in [6, 6.07) is 9.25. The van der Waals surface area contributed by atoms with Gasteiger partial charge < -0.3 is 77.2 Å². The number of amides is 1. The first-order chi connectivity index (χ1) is 55.7. The summed E-state index contributed by atoms with van der Waals surface area (Å²) in [5, 5.41) is 16.8. The van der Waals surface area contributed by atoms with Crippen molar-refractivity contribution in [1.82, 2.24) is 29.2 Å². The van der Waals surface area contributed by atoms with Gasteiger partial charge in [-0.25, -0.2) is 35.0 Å². The van der Waals surface area contributed by atoms with Crippen molar-refractivity contribution in [3.8, 4) is 0 Å².